The number of carboxylic acids is 1. The van der Waals surface area contributed by atoms with Crippen LogP contribution in [0.25, 0.3) is 0 Å². The van der Waals surface area contributed by atoms with Crippen molar-refractivity contribution in [3.63, 3.8) is 0 Å². The van der Waals surface area contributed by atoms with Crippen LogP contribution in [0, 0.1) is 0 Å². The summed E-state index contributed by atoms with van der Waals surface area (Å²) in [6.07, 6.45) is 1.69. The molecule has 4 aromatic rings. The summed E-state index contributed by atoms with van der Waals surface area (Å²) >= 11 is 0. The fourth-order valence-electron chi connectivity index (χ4n) is 5.96. The second kappa shape index (κ2) is 17.8. The van der Waals surface area contributed by atoms with Crippen LogP contribution in [0.4, 0.5) is 0 Å². The van der Waals surface area contributed by atoms with Gasteiger partial charge in [0.1, 0.15) is 36.2 Å². The average molecular weight is 677 g/mol. The SMILES string of the molecule is C=C1CCOc2cc(OCc3ccccc3)ccc2C1CC(=O)O.C=C1CCOc2cc(OCc3ccccc3)ccc2C1CC(=O)OCC. The van der Waals surface area contributed by atoms with Gasteiger partial charge in [0.05, 0.1) is 32.7 Å². The highest BCUT2D eigenvalue weighted by molar-refractivity contribution is 5.72. The molecule has 260 valence electrons. The Morgan fingerprint density at radius 3 is 1.60 bits per heavy atom. The van der Waals surface area contributed by atoms with Gasteiger partial charge < -0.3 is 28.8 Å². The topological polar surface area (TPSA) is 101 Å². The van der Waals surface area contributed by atoms with Crippen molar-refractivity contribution in [3.05, 3.63) is 144 Å². The van der Waals surface area contributed by atoms with Crippen LogP contribution in [0.1, 0.15) is 66.7 Å². The predicted molar refractivity (Wildman–Crippen MR) is 192 cm³/mol. The van der Waals surface area contributed by atoms with Gasteiger partial charge >= 0.3 is 11.9 Å². The first-order chi connectivity index (χ1) is 24.3. The van der Waals surface area contributed by atoms with Crippen molar-refractivity contribution < 1.29 is 38.4 Å². The Balaban J connectivity index is 0.000000195. The lowest BCUT2D eigenvalue weighted by Crippen LogP contribution is -2.11. The Morgan fingerprint density at radius 1 is 0.700 bits per heavy atom. The molecule has 0 radical (unpaired) electrons. The van der Waals surface area contributed by atoms with Crippen LogP contribution < -0.4 is 18.9 Å². The van der Waals surface area contributed by atoms with Crippen molar-refractivity contribution in [1.82, 2.24) is 0 Å². The molecule has 0 spiro atoms. The van der Waals surface area contributed by atoms with Gasteiger partial charge in [-0.1, -0.05) is 97.1 Å². The van der Waals surface area contributed by atoms with E-state index in [1.165, 1.54) is 0 Å². The van der Waals surface area contributed by atoms with Crippen molar-refractivity contribution in [2.24, 2.45) is 0 Å². The molecule has 8 nitrogen and oxygen atoms in total. The number of hydrogen-bond acceptors (Lipinski definition) is 7. The molecule has 1 N–H and O–H groups in total. The zero-order chi connectivity index (χ0) is 35.3. The Labute approximate surface area is 293 Å². The quantitative estimate of drug-likeness (QED) is 0.124. The van der Waals surface area contributed by atoms with E-state index in [-0.39, 0.29) is 30.6 Å². The number of esters is 1. The molecule has 0 saturated heterocycles. The summed E-state index contributed by atoms with van der Waals surface area (Å²) in [5.74, 6) is 1.54. The standard InChI is InChI=1S/C22H24O4.C20H20O4/c1-3-24-22(23)14-20-16(2)11-12-25-21-13-18(9-10-19(20)21)26-15-17-7-5-4-6-8-17;1-14-9-10-23-19-11-16(24-13-15-5-3-2-4-6-15)7-8-17(19)18(14)12-20(21)22/h4-10,13,20H,2-3,11-12,14-15H2,1H3;2-8,11,18H,1,9-10,12-13H2,(H,21,22). The largest absolute Gasteiger partial charge is 0.493 e. The minimum absolute atomic E-state index is 0.0272. The Hall–Kier alpha value is -5.50. The van der Waals surface area contributed by atoms with Crippen molar-refractivity contribution in [1.29, 1.82) is 0 Å². The third-order valence-electron chi connectivity index (χ3n) is 8.62. The van der Waals surface area contributed by atoms with Crippen LogP contribution in [-0.2, 0) is 27.5 Å². The third kappa shape index (κ3) is 10.0. The lowest BCUT2D eigenvalue weighted by Gasteiger charge is -2.18. The molecule has 50 heavy (non-hydrogen) atoms. The summed E-state index contributed by atoms with van der Waals surface area (Å²) in [7, 11) is 0. The molecular weight excluding hydrogens is 632 g/mol. The molecule has 0 saturated carbocycles. The molecule has 2 heterocycles. The Morgan fingerprint density at radius 2 is 1.16 bits per heavy atom. The van der Waals surface area contributed by atoms with Crippen molar-refractivity contribution in [3.8, 4) is 23.0 Å². The fraction of sp³-hybridized carbons (Fsp3) is 0.286. The highest BCUT2D eigenvalue weighted by atomic mass is 16.5. The number of hydrogen-bond donors (Lipinski definition) is 1. The molecule has 0 aliphatic carbocycles. The second-order valence-corrected chi connectivity index (χ2v) is 12.2. The normalized spacial score (nSPS) is 16.4. The third-order valence-corrected chi connectivity index (χ3v) is 8.62. The summed E-state index contributed by atoms with van der Waals surface area (Å²) in [5.41, 5.74) is 5.92. The van der Waals surface area contributed by atoms with Gasteiger partial charge in [0, 0.05) is 47.9 Å². The Bertz CT molecular complexity index is 1770. The fourth-order valence-corrected chi connectivity index (χ4v) is 5.96. The Kier molecular flexibility index (Phi) is 12.7. The number of fused-ring (bicyclic) bond motifs is 2. The monoisotopic (exact) mass is 676 g/mol. The predicted octanol–water partition coefficient (Wildman–Crippen LogP) is 8.80. The molecule has 2 atom stereocenters. The molecule has 0 bridgehead atoms. The molecule has 2 unspecified atom stereocenters. The van der Waals surface area contributed by atoms with E-state index in [9.17, 15) is 9.59 Å². The second-order valence-electron chi connectivity index (χ2n) is 12.2. The minimum Gasteiger partial charge on any atom is -0.493 e. The summed E-state index contributed by atoms with van der Waals surface area (Å²) in [6, 6.07) is 31.3. The number of rotatable bonds is 11. The van der Waals surface area contributed by atoms with Crippen molar-refractivity contribution in [2.75, 3.05) is 19.8 Å². The number of carbonyl (C=O) groups is 2. The average Bonchev–Trinajstić information content (AvgIpc) is 3.37. The van der Waals surface area contributed by atoms with Gasteiger partial charge in [0.25, 0.3) is 0 Å². The van der Waals surface area contributed by atoms with Crippen LogP contribution in [0.15, 0.2) is 121 Å². The van der Waals surface area contributed by atoms with E-state index in [0.29, 0.717) is 51.0 Å². The van der Waals surface area contributed by atoms with Crippen LogP contribution in [0.5, 0.6) is 23.0 Å². The van der Waals surface area contributed by atoms with Crippen LogP contribution >= 0.6 is 0 Å². The van der Waals surface area contributed by atoms with Crippen molar-refractivity contribution in [2.45, 2.75) is 57.7 Å². The maximum absolute atomic E-state index is 12.0. The number of ether oxygens (including phenoxy) is 5. The minimum atomic E-state index is -0.835. The molecule has 8 heteroatoms. The van der Waals surface area contributed by atoms with Gasteiger partial charge in [-0.05, 0) is 30.2 Å². The first kappa shape index (κ1) is 35.8. The van der Waals surface area contributed by atoms with E-state index < -0.39 is 5.97 Å². The maximum Gasteiger partial charge on any atom is 0.306 e. The van der Waals surface area contributed by atoms with E-state index in [1.54, 1.807) is 0 Å². The molecular formula is C42H44O8. The molecule has 4 aromatic carbocycles. The smallest absolute Gasteiger partial charge is 0.306 e. The van der Waals surface area contributed by atoms with Crippen LogP contribution in [-0.4, -0.2) is 36.9 Å². The van der Waals surface area contributed by atoms with E-state index in [2.05, 4.69) is 13.2 Å². The van der Waals surface area contributed by atoms with Gasteiger partial charge in [-0.3, -0.25) is 9.59 Å². The van der Waals surface area contributed by atoms with E-state index in [0.717, 1.165) is 51.3 Å². The number of carbonyl (C=O) groups excluding carboxylic acids is 1. The van der Waals surface area contributed by atoms with Crippen LogP contribution in [0.3, 0.4) is 0 Å². The van der Waals surface area contributed by atoms with Gasteiger partial charge in [-0.2, -0.15) is 0 Å². The molecule has 0 amide bonds. The summed E-state index contributed by atoms with van der Waals surface area (Å²) < 4.78 is 28.5. The summed E-state index contributed by atoms with van der Waals surface area (Å²) in [5, 5.41) is 9.16. The van der Waals surface area contributed by atoms with E-state index in [1.807, 2.05) is 104 Å². The molecule has 2 aliphatic rings. The number of benzene rings is 4. The lowest BCUT2D eigenvalue weighted by molar-refractivity contribution is -0.143. The number of carboxylic acid groups (broad SMARTS) is 1. The molecule has 0 aromatic heterocycles. The van der Waals surface area contributed by atoms with Gasteiger partial charge in [0.15, 0.2) is 0 Å². The van der Waals surface area contributed by atoms with Gasteiger partial charge in [-0.15, -0.1) is 0 Å². The zero-order valence-corrected chi connectivity index (χ0v) is 28.5. The first-order valence-electron chi connectivity index (χ1n) is 16.9. The molecule has 2 aliphatic heterocycles. The highest BCUT2D eigenvalue weighted by Gasteiger charge is 2.27. The maximum atomic E-state index is 12.0. The van der Waals surface area contributed by atoms with Crippen molar-refractivity contribution >= 4 is 11.9 Å². The van der Waals surface area contributed by atoms with E-state index in [4.69, 9.17) is 28.8 Å². The summed E-state index contributed by atoms with van der Waals surface area (Å²) in [6.45, 7) is 12.4. The zero-order valence-electron chi connectivity index (χ0n) is 28.5. The van der Waals surface area contributed by atoms with Gasteiger partial charge in [0.2, 0.25) is 0 Å². The first-order valence-corrected chi connectivity index (χ1v) is 16.9. The van der Waals surface area contributed by atoms with E-state index >= 15 is 0 Å². The highest BCUT2D eigenvalue weighted by Crippen LogP contribution is 2.41. The summed E-state index contributed by atoms with van der Waals surface area (Å²) in [4.78, 5) is 23.1. The number of aliphatic carboxylic acids is 1. The molecule has 6 rings (SSSR count). The lowest BCUT2D eigenvalue weighted by atomic mass is 9.87. The molecule has 0 fully saturated rings. The van der Waals surface area contributed by atoms with Crippen LogP contribution in [0.2, 0.25) is 0 Å². The van der Waals surface area contributed by atoms with Gasteiger partial charge in [-0.25, -0.2) is 0 Å².